The number of aliphatic hydroxyl groups is 2. The Balaban J connectivity index is 0.000000293. The zero-order chi connectivity index (χ0) is 57.5. The second-order valence-corrected chi connectivity index (χ2v) is 23.7. The summed E-state index contributed by atoms with van der Waals surface area (Å²) in [6.45, 7) is 7.79. The third-order valence-corrected chi connectivity index (χ3v) is 16.0. The number of nitro groups is 1. The predicted molar refractivity (Wildman–Crippen MR) is 290 cm³/mol. The number of aliphatic hydroxyl groups excluding tert-OH is 2. The SMILES string of the molecule is CC(C)CN(C[C@@H](O)[C@H](Cc1ccccc1)NC(=O)O[C@H]1CCOC1)S(=O)(=O)c1ccc([N+](=O)[O-])cc1.CC(C)CN(C[C@@H](OC(=O)COCCO)[C@H](Cc1ccccc1)NC(=O)O[C@H]1CCOC1)S(=O)(=O)c1ccc(N)cc1. The summed E-state index contributed by atoms with van der Waals surface area (Å²) in [5.74, 6) is -0.932. The summed E-state index contributed by atoms with van der Waals surface area (Å²) in [6.07, 6.45) is -3.08. The minimum atomic E-state index is -4.10. The Kier molecular flexibility index (Phi) is 25.3. The highest BCUT2D eigenvalue weighted by atomic mass is 32.2. The summed E-state index contributed by atoms with van der Waals surface area (Å²) in [6, 6.07) is 27.1. The van der Waals surface area contributed by atoms with Crippen molar-refractivity contribution in [3.8, 4) is 0 Å². The van der Waals surface area contributed by atoms with E-state index in [1.807, 2.05) is 88.4 Å². The van der Waals surface area contributed by atoms with Gasteiger partial charge in [-0.25, -0.2) is 31.2 Å². The Morgan fingerprint density at radius 1 is 0.696 bits per heavy atom. The maximum absolute atomic E-state index is 13.8. The number of carbonyl (C=O) groups is 3. The largest absolute Gasteiger partial charge is 0.457 e. The van der Waals surface area contributed by atoms with Gasteiger partial charge in [0, 0.05) is 50.3 Å². The Labute approximate surface area is 461 Å². The normalized spacial score (nSPS) is 17.1. The molecule has 0 aromatic heterocycles. The predicted octanol–water partition coefficient (Wildman–Crippen LogP) is 4.69. The number of hydrogen-bond acceptors (Lipinski definition) is 18. The summed E-state index contributed by atoms with van der Waals surface area (Å²) < 4.78 is 89.2. The second kappa shape index (κ2) is 31.5. The standard InChI is InChI=1S/C29H41N3O9S.C25H33N3O8S/c1-21(2)17-32(42(36,37)25-10-8-23(30)9-11-25)18-27(41-28(34)20-39-15-13-33)26(16-22-6-4-3-5-7-22)31-29(35)40-24-12-14-38-19-24;1-18(2)15-27(37(33,34)22-10-8-20(9-11-22)28(31)32)16-24(29)23(14-19-6-4-3-5-7-19)26-25(30)36-21-12-13-35-17-21/h3-11,21,24,26-27,33H,12-20,30H2,1-2H3,(H,31,35);3-11,18,21,23-24,29H,12-17H2,1-2H3,(H,26,30)/t24-,26-,27+;21-,23-,24+/m00/s1. The van der Waals surface area contributed by atoms with Gasteiger partial charge in [-0.1, -0.05) is 88.4 Å². The zero-order valence-electron chi connectivity index (χ0n) is 44.9. The molecule has 6 N–H and O–H groups in total. The van der Waals surface area contributed by atoms with E-state index in [4.69, 9.17) is 39.3 Å². The number of non-ortho nitro benzene ring substituents is 1. The molecule has 0 radical (unpaired) electrons. The van der Waals surface area contributed by atoms with E-state index >= 15 is 0 Å². The number of ether oxygens (including phenoxy) is 6. The van der Waals surface area contributed by atoms with Gasteiger partial charge in [0.05, 0.1) is 79.1 Å². The topological polar surface area (TPSA) is 315 Å². The van der Waals surface area contributed by atoms with Crippen LogP contribution in [0.25, 0.3) is 0 Å². The molecule has 2 saturated heterocycles. The number of benzene rings is 4. The Morgan fingerprint density at radius 3 is 1.59 bits per heavy atom. The zero-order valence-corrected chi connectivity index (χ0v) is 46.5. The number of hydrogen-bond donors (Lipinski definition) is 5. The molecule has 6 rings (SSSR count). The van der Waals surface area contributed by atoms with Crippen LogP contribution in [0.1, 0.15) is 51.7 Å². The number of nitrogens with two attached hydrogens (primary N) is 1. The lowest BCUT2D eigenvalue weighted by Crippen LogP contribution is -2.53. The minimum absolute atomic E-state index is 0.0296. The molecule has 2 heterocycles. The van der Waals surface area contributed by atoms with Crippen molar-refractivity contribution in [2.45, 2.75) is 99.7 Å². The number of alkyl carbamates (subject to hydrolysis) is 2. The number of rotatable bonds is 28. The van der Waals surface area contributed by atoms with Crippen molar-refractivity contribution >= 4 is 49.6 Å². The fourth-order valence-corrected chi connectivity index (χ4v) is 11.7. The Hall–Kier alpha value is -6.29. The summed E-state index contributed by atoms with van der Waals surface area (Å²) >= 11 is 0. The molecule has 2 aliphatic heterocycles. The third kappa shape index (κ3) is 21.0. The maximum Gasteiger partial charge on any atom is 0.407 e. The fourth-order valence-electron chi connectivity index (χ4n) is 8.42. The number of esters is 1. The number of nitrogen functional groups attached to an aromatic ring is 1. The lowest BCUT2D eigenvalue weighted by molar-refractivity contribution is -0.384. The summed E-state index contributed by atoms with van der Waals surface area (Å²) in [4.78, 5) is 48.7. The van der Waals surface area contributed by atoms with Gasteiger partial charge in [-0.3, -0.25) is 10.1 Å². The monoisotopic (exact) mass is 1140 g/mol. The first-order valence-corrected chi connectivity index (χ1v) is 28.9. The molecule has 0 spiro atoms. The lowest BCUT2D eigenvalue weighted by Gasteiger charge is -2.33. The first-order chi connectivity index (χ1) is 37.6. The van der Waals surface area contributed by atoms with E-state index in [9.17, 15) is 46.4 Å². The minimum Gasteiger partial charge on any atom is -0.457 e. The summed E-state index contributed by atoms with van der Waals surface area (Å²) in [7, 11) is -8.15. The van der Waals surface area contributed by atoms with Crippen LogP contribution in [0.15, 0.2) is 119 Å². The van der Waals surface area contributed by atoms with Crippen molar-refractivity contribution in [2.24, 2.45) is 11.8 Å². The quantitative estimate of drug-likeness (QED) is 0.0129. The van der Waals surface area contributed by atoms with Crippen molar-refractivity contribution in [3.63, 3.8) is 0 Å². The van der Waals surface area contributed by atoms with Crippen LogP contribution < -0.4 is 16.4 Å². The van der Waals surface area contributed by atoms with Crippen molar-refractivity contribution in [1.29, 1.82) is 0 Å². The first kappa shape index (κ1) is 63.5. The van der Waals surface area contributed by atoms with E-state index in [2.05, 4.69) is 10.6 Å². The molecule has 0 saturated carbocycles. The van der Waals surface area contributed by atoms with Crippen LogP contribution in [0, 0.1) is 22.0 Å². The van der Waals surface area contributed by atoms with Crippen molar-refractivity contribution in [1.82, 2.24) is 19.2 Å². The molecular formula is C54H74N6O17S2. The Bertz CT molecular complexity index is 2730. The van der Waals surface area contributed by atoms with Gasteiger partial charge >= 0.3 is 18.2 Å². The van der Waals surface area contributed by atoms with E-state index < -0.39 is 80.1 Å². The van der Waals surface area contributed by atoms with Gasteiger partial charge in [-0.2, -0.15) is 8.61 Å². The fraction of sp³-hybridized carbons (Fsp3) is 0.500. The highest BCUT2D eigenvalue weighted by Gasteiger charge is 2.37. The van der Waals surface area contributed by atoms with Crippen molar-refractivity contribution in [2.75, 3.05) is 78.2 Å². The first-order valence-electron chi connectivity index (χ1n) is 26.0. The molecular weight excluding hydrogens is 1070 g/mol. The van der Waals surface area contributed by atoms with Crippen LogP contribution in [-0.4, -0.2) is 168 Å². The number of carbonyl (C=O) groups excluding carboxylic acids is 3. The third-order valence-electron chi connectivity index (χ3n) is 12.3. The molecule has 6 atom stereocenters. The van der Waals surface area contributed by atoms with Crippen LogP contribution in [0.5, 0.6) is 0 Å². The average molecular weight is 1140 g/mol. The molecule has 0 aliphatic carbocycles. The maximum atomic E-state index is 13.8. The van der Waals surface area contributed by atoms with Gasteiger partial charge in [-0.05, 0) is 72.2 Å². The smallest absolute Gasteiger partial charge is 0.407 e. The second-order valence-electron chi connectivity index (χ2n) is 19.8. The molecule has 0 bridgehead atoms. The van der Waals surface area contributed by atoms with Gasteiger partial charge in [0.25, 0.3) is 5.69 Å². The summed E-state index contributed by atoms with van der Waals surface area (Å²) in [5.41, 5.74) is 7.62. The van der Waals surface area contributed by atoms with E-state index in [-0.39, 0.29) is 92.3 Å². The molecule has 25 heteroatoms. The molecule has 2 aliphatic rings. The van der Waals surface area contributed by atoms with Crippen LogP contribution in [0.3, 0.4) is 0 Å². The van der Waals surface area contributed by atoms with Gasteiger partial charge < -0.3 is 55.0 Å². The molecule has 434 valence electrons. The van der Waals surface area contributed by atoms with Crippen LogP contribution in [0.2, 0.25) is 0 Å². The highest BCUT2D eigenvalue weighted by molar-refractivity contribution is 7.89. The average Bonchev–Trinajstić information content (AvgIpc) is 4.15. The Morgan fingerprint density at radius 2 is 1.15 bits per heavy atom. The van der Waals surface area contributed by atoms with E-state index in [0.29, 0.717) is 38.3 Å². The van der Waals surface area contributed by atoms with Gasteiger partial charge in [0.1, 0.15) is 24.9 Å². The number of sulfonamides is 2. The molecule has 4 aromatic carbocycles. The molecule has 2 fully saturated rings. The molecule has 4 aromatic rings. The lowest BCUT2D eigenvalue weighted by atomic mass is 10.0. The molecule has 23 nitrogen and oxygen atoms in total. The summed E-state index contributed by atoms with van der Waals surface area (Å²) in [5, 5.41) is 36.7. The number of nitrogens with zero attached hydrogens (tertiary/aromatic N) is 3. The number of nitrogens with one attached hydrogen (secondary N) is 2. The van der Waals surface area contributed by atoms with Crippen LogP contribution in [-0.2, 0) is 66.1 Å². The number of anilines is 1. The van der Waals surface area contributed by atoms with Gasteiger partial charge in [0.15, 0.2) is 0 Å². The van der Waals surface area contributed by atoms with Gasteiger partial charge in [-0.15, -0.1) is 0 Å². The highest BCUT2D eigenvalue weighted by Crippen LogP contribution is 2.24. The van der Waals surface area contributed by atoms with Crippen LogP contribution >= 0.6 is 0 Å². The van der Waals surface area contributed by atoms with Gasteiger partial charge in [0.2, 0.25) is 20.0 Å². The van der Waals surface area contributed by atoms with E-state index in [0.717, 1.165) is 27.6 Å². The van der Waals surface area contributed by atoms with E-state index in [1.165, 1.54) is 40.7 Å². The molecule has 0 unspecified atom stereocenters. The molecule has 79 heavy (non-hydrogen) atoms. The number of amides is 2. The van der Waals surface area contributed by atoms with E-state index in [1.54, 1.807) is 0 Å². The van der Waals surface area contributed by atoms with Crippen LogP contribution in [0.4, 0.5) is 21.0 Å². The van der Waals surface area contributed by atoms with Crippen molar-refractivity contribution in [3.05, 3.63) is 130 Å². The number of nitro benzene ring substituents is 1. The van der Waals surface area contributed by atoms with Crippen molar-refractivity contribution < 1.29 is 74.8 Å². The molecule has 2 amide bonds.